The Kier molecular flexibility index (Phi) is 5.49. The molecule has 13 heavy (non-hydrogen) atoms. The molecule has 0 aromatic carbocycles. The highest BCUT2D eigenvalue weighted by atomic mass is 32.1. The summed E-state index contributed by atoms with van der Waals surface area (Å²) in [5.41, 5.74) is 5.41. The van der Waals surface area contributed by atoms with E-state index < -0.39 is 12.0 Å². The number of thiophene rings is 1. The molecule has 0 aliphatic carbocycles. The number of nitrogens with two attached hydrogens (primary N) is 1. The molecule has 1 heterocycles. The van der Waals surface area contributed by atoms with Gasteiger partial charge in [-0.25, -0.2) is 0 Å². The number of hydrogen-bond acceptors (Lipinski definition) is 4. The van der Waals surface area contributed by atoms with E-state index in [9.17, 15) is 4.79 Å². The second-order valence-corrected chi connectivity index (χ2v) is 2.75. The van der Waals surface area contributed by atoms with Crippen LogP contribution in [0, 0.1) is 0 Å². The van der Waals surface area contributed by atoms with Crippen molar-refractivity contribution in [1.82, 2.24) is 0 Å². The van der Waals surface area contributed by atoms with Gasteiger partial charge in [0.2, 0.25) is 0 Å². The van der Waals surface area contributed by atoms with Gasteiger partial charge in [-0.05, 0) is 16.8 Å². The normalized spacial score (nSPS) is 10.8. The van der Waals surface area contributed by atoms with Gasteiger partial charge in [0.25, 0.3) is 12.4 Å². The molecule has 0 aliphatic rings. The van der Waals surface area contributed by atoms with Gasteiger partial charge < -0.3 is 15.9 Å². The molecule has 1 aromatic heterocycles. The van der Waals surface area contributed by atoms with E-state index in [1.165, 1.54) is 11.3 Å². The zero-order valence-electron chi connectivity index (χ0n) is 6.58. The Labute approximate surface area is 78.4 Å². The molecule has 1 amide bonds. The van der Waals surface area contributed by atoms with Crippen molar-refractivity contribution < 1.29 is 19.8 Å². The first-order chi connectivity index (χ1) is 6.13. The van der Waals surface area contributed by atoms with Crippen molar-refractivity contribution in [2.45, 2.75) is 6.10 Å². The lowest BCUT2D eigenvalue weighted by Gasteiger charge is -2.00. The van der Waals surface area contributed by atoms with Crippen molar-refractivity contribution >= 4 is 23.7 Å². The predicted octanol–water partition coefficient (Wildman–Crippen LogP) is -0.0324. The predicted molar refractivity (Wildman–Crippen MR) is 47.2 cm³/mol. The maximum atomic E-state index is 10.4. The summed E-state index contributed by atoms with van der Waals surface area (Å²) in [6.07, 6.45) is -1.15. The first kappa shape index (κ1) is 11.6. The van der Waals surface area contributed by atoms with Crippen molar-refractivity contribution in [2.75, 3.05) is 0 Å². The van der Waals surface area contributed by atoms with E-state index in [1.807, 2.05) is 0 Å². The summed E-state index contributed by atoms with van der Waals surface area (Å²) in [6, 6.07) is 1.67. The Morgan fingerprint density at radius 3 is 2.54 bits per heavy atom. The maximum absolute atomic E-state index is 10.4. The molecule has 1 rings (SSSR count). The van der Waals surface area contributed by atoms with Crippen molar-refractivity contribution in [3.63, 3.8) is 0 Å². The molecule has 5 nitrogen and oxygen atoms in total. The third kappa shape index (κ3) is 4.24. The molecule has 0 bridgehead atoms. The summed E-state index contributed by atoms with van der Waals surface area (Å²) in [5, 5.41) is 19.4. The molecule has 0 saturated carbocycles. The summed E-state index contributed by atoms with van der Waals surface area (Å²) in [6.45, 7) is -0.250. The number of rotatable bonds is 2. The van der Waals surface area contributed by atoms with E-state index in [2.05, 4.69) is 0 Å². The van der Waals surface area contributed by atoms with E-state index in [1.54, 1.807) is 16.8 Å². The van der Waals surface area contributed by atoms with Gasteiger partial charge in [0, 0.05) is 5.56 Å². The number of carbonyl (C=O) groups is 2. The van der Waals surface area contributed by atoms with Crippen LogP contribution in [0.5, 0.6) is 0 Å². The summed E-state index contributed by atoms with van der Waals surface area (Å²) in [4.78, 5) is 18.7. The Morgan fingerprint density at radius 2 is 2.23 bits per heavy atom. The molecular formula is C7H9NO4S. The molecule has 0 spiro atoms. The molecule has 72 valence electrons. The number of hydrogen-bond donors (Lipinski definition) is 3. The quantitative estimate of drug-likeness (QED) is 0.587. The van der Waals surface area contributed by atoms with Crippen LogP contribution in [0.2, 0.25) is 0 Å². The first-order valence-corrected chi connectivity index (χ1v) is 4.15. The molecule has 0 fully saturated rings. The van der Waals surface area contributed by atoms with Crippen LogP contribution in [0.3, 0.4) is 0 Å². The van der Waals surface area contributed by atoms with Crippen molar-refractivity contribution in [3.05, 3.63) is 22.4 Å². The fourth-order valence-electron chi connectivity index (χ4n) is 0.595. The molecule has 0 radical (unpaired) electrons. The van der Waals surface area contributed by atoms with Crippen LogP contribution in [0.25, 0.3) is 0 Å². The fraction of sp³-hybridized carbons (Fsp3) is 0.143. The van der Waals surface area contributed by atoms with Crippen LogP contribution < -0.4 is 5.73 Å². The minimum Gasteiger partial charge on any atom is -0.483 e. The van der Waals surface area contributed by atoms with Crippen LogP contribution in [0.4, 0.5) is 0 Å². The molecule has 0 saturated heterocycles. The Hall–Kier alpha value is -1.40. The average molecular weight is 203 g/mol. The molecule has 1 atom stereocenters. The number of carboxylic acid groups (broad SMARTS) is 1. The third-order valence-electron chi connectivity index (χ3n) is 1.13. The zero-order valence-corrected chi connectivity index (χ0v) is 7.40. The lowest BCUT2D eigenvalue weighted by Crippen LogP contribution is -2.20. The zero-order chi connectivity index (χ0) is 10.3. The summed E-state index contributed by atoms with van der Waals surface area (Å²) in [7, 11) is 0. The number of carbonyl (C=O) groups excluding carboxylic acids is 1. The summed E-state index contributed by atoms with van der Waals surface area (Å²) in [5.74, 6) is -0.710. The van der Waals surface area contributed by atoms with Gasteiger partial charge >= 0.3 is 0 Å². The topological polar surface area (TPSA) is 101 Å². The van der Waals surface area contributed by atoms with E-state index >= 15 is 0 Å². The van der Waals surface area contributed by atoms with Crippen LogP contribution >= 0.6 is 11.3 Å². The number of amides is 1. The minimum atomic E-state index is -1.15. The van der Waals surface area contributed by atoms with Gasteiger partial charge in [0.15, 0.2) is 6.10 Å². The summed E-state index contributed by atoms with van der Waals surface area (Å²) >= 11 is 1.42. The lowest BCUT2D eigenvalue weighted by molar-refractivity contribution is -0.126. The van der Waals surface area contributed by atoms with Gasteiger partial charge in [0.1, 0.15) is 0 Å². The first-order valence-electron chi connectivity index (χ1n) is 3.20. The van der Waals surface area contributed by atoms with E-state index in [0.29, 0.717) is 5.56 Å². The number of aliphatic hydroxyl groups is 1. The standard InChI is InChI=1S/C6H7NO2S.CH2O2/c7-6(9)5(8)4-1-2-10-3-4;2-1-3/h1-3,5,8H,(H2,7,9);1H,(H,2,3). The van der Waals surface area contributed by atoms with E-state index in [4.69, 9.17) is 20.7 Å². The van der Waals surface area contributed by atoms with Crippen LogP contribution in [0.15, 0.2) is 16.8 Å². The maximum Gasteiger partial charge on any atom is 0.290 e. The largest absolute Gasteiger partial charge is 0.483 e. The van der Waals surface area contributed by atoms with Crippen LogP contribution in [-0.4, -0.2) is 22.6 Å². The number of aliphatic hydroxyl groups excluding tert-OH is 1. The van der Waals surface area contributed by atoms with E-state index in [-0.39, 0.29) is 6.47 Å². The highest BCUT2D eigenvalue weighted by Crippen LogP contribution is 2.14. The lowest BCUT2D eigenvalue weighted by atomic mass is 10.2. The molecule has 1 aromatic rings. The van der Waals surface area contributed by atoms with Gasteiger partial charge in [-0.2, -0.15) is 11.3 Å². The Bertz CT molecular complexity index is 259. The monoisotopic (exact) mass is 203 g/mol. The molecule has 6 heteroatoms. The van der Waals surface area contributed by atoms with Gasteiger partial charge in [-0.15, -0.1) is 0 Å². The Morgan fingerprint density at radius 1 is 1.69 bits per heavy atom. The van der Waals surface area contributed by atoms with Gasteiger partial charge in [0.05, 0.1) is 0 Å². The van der Waals surface area contributed by atoms with Crippen LogP contribution in [-0.2, 0) is 9.59 Å². The van der Waals surface area contributed by atoms with Gasteiger partial charge in [-0.1, -0.05) is 0 Å². The van der Waals surface area contributed by atoms with Crippen molar-refractivity contribution in [3.8, 4) is 0 Å². The van der Waals surface area contributed by atoms with Crippen LogP contribution in [0.1, 0.15) is 11.7 Å². The smallest absolute Gasteiger partial charge is 0.290 e. The summed E-state index contributed by atoms with van der Waals surface area (Å²) < 4.78 is 0. The molecule has 0 aliphatic heterocycles. The Balaban J connectivity index is 0.000000424. The van der Waals surface area contributed by atoms with E-state index in [0.717, 1.165) is 0 Å². The van der Waals surface area contributed by atoms with Crippen molar-refractivity contribution in [2.24, 2.45) is 5.73 Å². The van der Waals surface area contributed by atoms with Crippen molar-refractivity contribution in [1.29, 1.82) is 0 Å². The fourth-order valence-corrected chi connectivity index (χ4v) is 1.27. The molecular weight excluding hydrogens is 194 g/mol. The second-order valence-electron chi connectivity index (χ2n) is 1.97. The highest BCUT2D eigenvalue weighted by Gasteiger charge is 2.12. The SMILES string of the molecule is NC(=O)C(O)c1ccsc1.O=CO. The van der Waals surface area contributed by atoms with Gasteiger partial charge in [-0.3, -0.25) is 9.59 Å². The second kappa shape index (κ2) is 6.15. The highest BCUT2D eigenvalue weighted by molar-refractivity contribution is 7.08. The molecule has 1 unspecified atom stereocenters. The minimum absolute atomic E-state index is 0.250. The number of primary amides is 1. The average Bonchev–Trinajstić information content (AvgIpc) is 2.56. The molecule has 4 N–H and O–H groups in total. The third-order valence-corrected chi connectivity index (χ3v) is 1.83.